The lowest BCUT2D eigenvalue weighted by Gasteiger charge is -2.10. The summed E-state index contributed by atoms with van der Waals surface area (Å²) in [7, 11) is 0. The first-order chi connectivity index (χ1) is 9.33. The fourth-order valence-electron chi connectivity index (χ4n) is 2.97. The molecule has 1 saturated carbocycles. The van der Waals surface area contributed by atoms with Gasteiger partial charge < -0.3 is 0 Å². The molecule has 0 spiro atoms. The van der Waals surface area contributed by atoms with Gasteiger partial charge in [-0.05, 0) is 50.2 Å². The summed E-state index contributed by atoms with van der Waals surface area (Å²) >= 11 is 1.65. The zero-order valence-corrected chi connectivity index (χ0v) is 12.1. The highest BCUT2D eigenvalue weighted by Gasteiger charge is 2.19. The Bertz CT molecular complexity index is 425. The van der Waals surface area contributed by atoms with Crippen LogP contribution in [0.2, 0.25) is 0 Å². The van der Waals surface area contributed by atoms with Crippen molar-refractivity contribution in [1.82, 2.24) is 5.48 Å². The molecule has 3 nitrogen and oxygen atoms in total. The predicted octanol–water partition coefficient (Wildman–Crippen LogP) is 3.62. The molecule has 1 heterocycles. The number of nitrogens with one attached hydrogen (secondary N) is 1. The van der Waals surface area contributed by atoms with Crippen LogP contribution in [-0.4, -0.2) is 12.0 Å². The van der Waals surface area contributed by atoms with Crippen LogP contribution in [0, 0.1) is 0 Å². The van der Waals surface area contributed by atoms with Crippen LogP contribution in [0.4, 0.5) is 0 Å². The number of hydrogen-bond acceptors (Lipinski definition) is 3. The van der Waals surface area contributed by atoms with E-state index >= 15 is 0 Å². The maximum atomic E-state index is 12.1. The Morgan fingerprint density at radius 2 is 1.95 bits per heavy atom. The highest BCUT2D eigenvalue weighted by Crippen LogP contribution is 2.29. The Hall–Kier alpha value is -0.870. The normalized spacial score (nSPS) is 20.0. The zero-order valence-electron chi connectivity index (χ0n) is 11.2. The van der Waals surface area contributed by atoms with Gasteiger partial charge in [-0.2, -0.15) is 0 Å². The van der Waals surface area contributed by atoms with Crippen molar-refractivity contribution >= 4 is 17.2 Å². The molecule has 1 aromatic heterocycles. The summed E-state index contributed by atoms with van der Waals surface area (Å²) in [6.07, 6.45) is 10.9. The van der Waals surface area contributed by atoms with E-state index in [9.17, 15) is 4.79 Å². The third kappa shape index (κ3) is 3.18. The van der Waals surface area contributed by atoms with Crippen LogP contribution >= 0.6 is 11.3 Å². The van der Waals surface area contributed by atoms with Gasteiger partial charge in [0.05, 0.1) is 11.0 Å². The van der Waals surface area contributed by atoms with Gasteiger partial charge in [-0.15, -0.1) is 11.3 Å². The van der Waals surface area contributed by atoms with Gasteiger partial charge >= 0.3 is 0 Å². The van der Waals surface area contributed by atoms with Crippen LogP contribution in [-0.2, 0) is 17.7 Å². The lowest BCUT2D eigenvalue weighted by atomic mass is 10.1. The number of amides is 1. The van der Waals surface area contributed by atoms with Gasteiger partial charge in [-0.3, -0.25) is 9.63 Å². The molecular weight excluding hydrogens is 258 g/mol. The Morgan fingerprint density at radius 3 is 2.79 bits per heavy atom. The van der Waals surface area contributed by atoms with Gasteiger partial charge in [0.15, 0.2) is 0 Å². The molecule has 1 fully saturated rings. The monoisotopic (exact) mass is 279 g/mol. The van der Waals surface area contributed by atoms with Gasteiger partial charge in [0.2, 0.25) is 0 Å². The lowest BCUT2D eigenvalue weighted by molar-refractivity contribution is -0.0122. The number of fused-ring (bicyclic) bond motifs is 1. The molecule has 2 aliphatic carbocycles. The van der Waals surface area contributed by atoms with Crippen molar-refractivity contribution in [2.24, 2.45) is 0 Å². The fraction of sp³-hybridized carbons (Fsp3) is 0.667. The van der Waals surface area contributed by atoms with Crippen molar-refractivity contribution in [1.29, 1.82) is 0 Å². The first kappa shape index (κ1) is 13.1. The molecule has 3 rings (SSSR count). The molecule has 104 valence electrons. The maximum Gasteiger partial charge on any atom is 0.284 e. The van der Waals surface area contributed by atoms with Gasteiger partial charge in [-0.25, -0.2) is 5.48 Å². The van der Waals surface area contributed by atoms with Crippen molar-refractivity contribution in [3.8, 4) is 0 Å². The van der Waals surface area contributed by atoms with Gasteiger partial charge in [0.1, 0.15) is 0 Å². The van der Waals surface area contributed by atoms with E-state index in [1.807, 2.05) is 0 Å². The first-order valence-electron chi connectivity index (χ1n) is 7.40. The Morgan fingerprint density at radius 1 is 1.16 bits per heavy atom. The molecule has 1 aromatic rings. The second-order valence-corrected chi connectivity index (χ2v) is 6.71. The standard InChI is InChI=1S/C15H21NO2S/c17-15(16-18-12-7-4-5-8-12)14-10-11-6-2-1-3-9-13(11)19-14/h10,12H,1-9H2,(H,16,17). The van der Waals surface area contributed by atoms with Crippen LogP contribution in [0.1, 0.15) is 65.1 Å². The summed E-state index contributed by atoms with van der Waals surface area (Å²) in [5, 5.41) is 0. The van der Waals surface area contributed by atoms with Crippen molar-refractivity contribution in [2.75, 3.05) is 0 Å². The lowest BCUT2D eigenvalue weighted by Crippen LogP contribution is -2.27. The van der Waals surface area contributed by atoms with Crippen molar-refractivity contribution in [3.05, 3.63) is 21.4 Å². The first-order valence-corrected chi connectivity index (χ1v) is 8.22. The minimum atomic E-state index is -0.0648. The number of thiophene rings is 1. The van der Waals surface area contributed by atoms with Crippen molar-refractivity contribution < 1.29 is 9.63 Å². The predicted molar refractivity (Wildman–Crippen MR) is 76.4 cm³/mol. The van der Waals surface area contributed by atoms with Crippen LogP contribution in [0.15, 0.2) is 6.07 Å². The van der Waals surface area contributed by atoms with Crippen LogP contribution in [0.3, 0.4) is 0 Å². The molecule has 4 heteroatoms. The molecular formula is C15H21NO2S. The molecule has 0 saturated heterocycles. The highest BCUT2D eigenvalue weighted by molar-refractivity contribution is 7.14. The fourth-order valence-corrected chi connectivity index (χ4v) is 4.11. The molecule has 1 amide bonds. The van der Waals surface area contributed by atoms with E-state index in [0.29, 0.717) is 0 Å². The number of carbonyl (C=O) groups is 1. The molecule has 0 aliphatic heterocycles. The Labute approximate surface area is 118 Å². The van der Waals surface area contributed by atoms with E-state index < -0.39 is 0 Å². The Kier molecular flexibility index (Phi) is 4.18. The van der Waals surface area contributed by atoms with Crippen LogP contribution in [0.25, 0.3) is 0 Å². The van der Waals surface area contributed by atoms with Gasteiger partial charge in [0.25, 0.3) is 5.91 Å². The average molecular weight is 279 g/mol. The molecule has 0 unspecified atom stereocenters. The van der Waals surface area contributed by atoms with E-state index in [1.165, 1.54) is 42.5 Å². The number of carbonyl (C=O) groups excluding carboxylic acids is 1. The van der Waals surface area contributed by atoms with E-state index in [1.54, 1.807) is 11.3 Å². The second-order valence-electron chi connectivity index (χ2n) is 5.58. The molecule has 1 N–H and O–H groups in total. The minimum absolute atomic E-state index is 0.0648. The SMILES string of the molecule is O=C(NOC1CCCC1)c1cc2c(s1)CCCCC2. The summed E-state index contributed by atoms with van der Waals surface area (Å²) in [6, 6.07) is 2.07. The van der Waals surface area contributed by atoms with E-state index in [-0.39, 0.29) is 12.0 Å². The Balaban J connectivity index is 1.60. The summed E-state index contributed by atoms with van der Waals surface area (Å²) in [6.45, 7) is 0. The van der Waals surface area contributed by atoms with Gasteiger partial charge in [-0.1, -0.05) is 19.3 Å². The second kappa shape index (κ2) is 6.06. The molecule has 0 radical (unpaired) electrons. The molecule has 0 aromatic carbocycles. The summed E-state index contributed by atoms with van der Waals surface area (Å²) < 4.78 is 0. The van der Waals surface area contributed by atoms with Crippen LogP contribution in [0.5, 0.6) is 0 Å². The third-order valence-corrected chi connectivity index (χ3v) is 5.33. The van der Waals surface area contributed by atoms with Crippen molar-refractivity contribution in [2.45, 2.75) is 63.9 Å². The maximum absolute atomic E-state index is 12.1. The highest BCUT2D eigenvalue weighted by atomic mass is 32.1. The molecule has 0 atom stereocenters. The third-order valence-electron chi connectivity index (χ3n) is 4.09. The quantitative estimate of drug-likeness (QED) is 0.678. The van der Waals surface area contributed by atoms with Crippen LogP contribution < -0.4 is 5.48 Å². The molecule has 19 heavy (non-hydrogen) atoms. The van der Waals surface area contributed by atoms with E-state index in [0.717, 1.165) is 30.6 Å². The summed E-state index contributed by atoms with van der Waals surface area (Å²) in [5.74, 6) is -0.0648. The molecule has 0 bridgehead atoms. The van der Waals surface area contributed by atoms with E-state index in [4.69, 9.17) is 4.84 Å². The number of hydroxylamine groups is 1. The summed E-state index contributed by atoms with van der Waals surface area (Å²) in [4.78, 5) is 19.8. The summed E-state index contributed by atoms with van der Waals surface area (Å²) in [5.41, 5.74) is 4.02. The van der Waals surface area contributed by atoms with Crippen molar-refractivity contribution in [3.63, 3.8) is 0 Å². The topological polar surface area (TPSA) is 38.3 Å². The number of rotatable bonds is 3. The minimum Gasteiger partial charge on any atom is -0.270 e. The number of hydrogen-bond donors (Lipinski definition) is 1. The molecule has 2 aliphatic rings. The van der Waals surface area contributed by atoms with Gasteiger partial charge in [0, 0.05) is 4.88 Å². The average Bonchev–Trinajstić information content (AvgIpc) is 3.02. The van der Waals surface area contributed by atoms with E-state index in [2.05, 4.69) is 11.5 Å². The largest absolute Gasteiger partial charge is 0.284 e. The zero-order chi connectivity index (χ0) is 13.1. The smallest absolute Gasteiger partial charge is 0.270 e. The number of aryl methyl sites for hydroxylation is 2.